The summed E-state index contributed by atoms with van der Waals surface area (Å²) in [5.74, 6) is 0.552. The SMILES string of the molecule is C=CC(=O)N1C[C@H](C)N(c2nc(N3CC(N(C)C)C3)nc3c(F)c(-c4c(C)ccc5c4c(CC)nn5C)c(Cl)cc23)C[C@H]1C. The van der Waals surface area contributed by atoms with Gasteiger partial charge in [-0.3, -0.25) is 9.48 Å². The van der Waals surface area contributed by atoms with E-state index in [1.54, 1.807) is 0 Å². The highest BCUT2D eigenvalue weighted by Crippen LogP contribution is 2.44. The van der Waals surface area contributed by atoms with E-state index in [-0.39, 0.29) is 23.5 Å². The molecule has 2 aliphatic rings. The van der Waals surface area contributed by atoms with Gasteiger partial charge < -0.3 is 19.6 Å². The van der Waals surface area contributed by atoms with Gasteiger partial charge in [0.25, 0.3) is 0 Å². The van der Waals surface area contributed by atoms with Crippen LogP contribution in [-0.4, -0.2) is 93.9 Å². The summed E-state index contributed by atoms with van der Waals surface area (Å²) in [6, 6.07) is 6.03. The molecule has 0 aliphatic carbocycles. The maximum absolute atomic E-state index is 17.2. The van der Waals surface area contributed by atoms with Gasteiger partial charge in [-0.2, -0.15) is 10.1 Å². The van der Waals surface area contributed by atoms with Crippen LogP contribution in [0, 0.1) is 12.7 Å². The van der Waals surface area contributed by atoms with Crippen molar-refractivity contribution in [3.05, 3.63) is 53.0 Å². The van der Waals surface area contributed by atoms with Crippen LogP contribution in [-0.2, 0) is 18.3 Å². The molecule has 0 radical (unpaired) electrons. The minimum Gasteiger partial charge on any atom is -0.349 e. The van der Waals surface area contributed by atoms with Crippen molar-refractivity contribution in [2.45, 2.75) is 52.2 Å². The quantitative estimate of drug-likeness (QED) is 0.275. The number of fused-ring (bicyclic) bond motifs is 2. The molecule has 2 aliphatic heterocycles. The number of aromatic nitrogens is 4. The van der Waals surface area contributed by atoms with Crippen molar-refractivity contribution >= 4 is 51.1 Å². The van der Waals surface area contributed by atoms with E-state index in [4.69, 9.17) is 26.7 Å². The summed E-state index contributed by atoms with van der Waals surface area (Å²) >= 11 is 7.05. The lowest BCUT2D eigenvalue weighted by Crippen LogP contribution is -2.59. The van der Waals surface area contributed by atoms with Gasteiger partial charge in [-0.15, -0.1) is 0 Å². The summed E-state index contributed by atoms with van der Waals surface area (Å²) < 4.78 is 19.0. The zero-order valence-electron chi connectivity index (χ0n) is 26.5. The first kappa shape index (κ1) is 30.3. The highest BCUT2D eigenvalue weighted by molar-refractivity contribution is 6.35. The van der Waals surface area contributed by atoms with Crippen molar-refractivity contribution in [1.29, 1.82) is 0 Å². The van der Waals surface area contributed by atoms with Crippen molar-refractivity contribution in [3.8, 4) is 11.1 Å². The van der Waals surface area contributed by atoms with Crippen molar-refractivity contribution in [2.75, 3.05) is 50.1 Å². The summed E-state index contributed by atoms with van der Waals surface area (Å²) in [7, 11) is 6.02. The van der Waals surface area contributed by atoms with E-state index in [1.165, 1.54) is 6.08 Å². The molecular formula is C33H40ClFN8O. The van der Waals surface area contributed by atoms with E-state index >= 15 is 4.39 Å². The fourth-order valence-corrected chi connectivity index (χ4v) is 6.95. The van der Waals surface area contributed by atoms with Crippen LogP contribution >= 0.6 is 11.6 Å². The van der Waals surface area contributed by atoms with Crippen molar-refractivity contribution in [1.82, 2.24) is 29.5 Å². The topological polar surface area (TPSA) is 73.6 Å². The van der Waals surface area contributed by atoms with Gasteiger partial charge in [0, 0.05) is 73.3 Å². The molecule has 2 fully saturated rings. The number of piperazine rings is 1. The normalized spacial score (nSPS) is 19.4. The molecule has 1 amide bonds. The molecule has 0 spiro atoms. The van der Waals surface area contributed by atoms with E-state index in [1.807, 2.05) is 48.7 Å². The second-order valence-electron chi connectivity index (χ2n) is 12.4. The number of benzene rings is 2. The van der Waals surface area contributed by atoms with Gasteiger partial charge in [0.2, 0.25) is 11.9 Å². The number of hydrogen-bond acceptors (Lipinski definition) is 7. The first-order chi connectivity index (χ1) is 20.9. The molecule has 44 heavy (non-hydrogen) atoms. The number of halogens is 2. The van der Waals surface area contributed by atoms with Crippen LogP contribution in [0.4, 0.5) is 16.2 Å². The fraction of sp³-hybridized carbons (Fsp3) is 0.455. The lowest BCUT2D eigenvalue weighted by molar-refractivity contribution is -0.128. The molecule has 232 valence electrons. The minimum atomic E-state index is -0.468. The molecule has 2 atom stereocenters. The Bertz CT molecular complexity index is 1800. The Morgan fingerprint density at radius 3 is 2.52 bits per heavy atom. The van der Waals surface area contributed by atoms with E-state index in [0.29, 0.717) is 53.3 Å². The summed E-state index contributed by atoms with van der Waals surface area (Å²) in [4.78, 5) is 30.7. The first-order valence-corrected chi connectivity index (χ1v) is 15.6. The molecular weight excluding hydrogens is 579 g/mol. The third-order valence-electron chi connectivity index (χ3n) is 9.33. The monoisotopic (exact) mass is 618 g/mol. The van der Waals surface area contributed by atoms with Crippen molar-refractivity contribution < 1.29 is 9.18 Å². The molecule has 0 saturated carbocycles. The van der Waals surface area contributed by atoms with E-state index in [2.05, 4.69) is 49.2 Å². The van der Waals surface area contributed by atoms with Crippen molar-refractivity contribution in [3.63, 3.8) is 0 Å². The number of rotatable bonds is 6. The van der Waals surface area contributed by atoms with Crippen molar-refractivity contribution in [2.24, 2.45) is 7.05 Å². The molecule has 11 heteroatoms. The highest BCUT2D eigenvalue weighted by Gasteiger charge is 2.36. The number of carbonyl (C=O) groups is 1. The van der Waals surface area contributed by atoms with Crippen LogP contribution in [0.2, 0.25) is 5.02 Å². The van der Waals surface area contributed by atoms with Gasteiger partial charge in [-0.05, 0) is 65.1 Å². The number of anilines is 2. The largest absolute Gasteiger partial charge is 0.349 e. The Balaban J connectivity index is 1.57. The molecule has 4 aromatic rings. The van der Waals surface area contributed by atoms with Crippen LogP contribution in [0.1, 0.15) is 32.0 Å². The van der Waals surface area contributed by atoms with E-state index in [0.717, 1.165) is 40.8 Å². The molecule has 4 heterocycles. The van der Waals surface area contributed by atoms with Crippen LogP contribution in [0.5, 0.6) is 0 Å². The lowest BCUT2D eigenvalue weighted by Gasteiger charge is -2.45. The summed E-state index contributed by atoms with van der Waals surface area (Å²) in [5, 5.41) is 6.49. The Kier molecular flexibility index (Phi) is 7.78. The second-order valence-corrected chi connectivity index (χ2v) is 12.8. The van der Waals surface area contributed by atoms with Gasteiger partial charge in [0.1, 0.15) is 11.3 Å². The van der Waals surface area contributed by atoms with Gasteiger partial charge in [0.15, 0.2) is 5.82 Å². The van der Waals surface area contributed by atoms with Crippen LogP contribution in [0.3, 0.4) is 0 Å². The molecule has 6 rings (SSSR count). The number of hydrogen-bond donors (Lipinski definition) is 0. The predicted octanol–water partition coefficient (Wildman–Crippen LogP) is 5.21. The fourth-order valence-electron chi connectivity index (χ4n) is 6.66. The molecule has 0 unspecified atom stereocenters. The molecule has 9 nitrogen and oxygen atoms in total. The third kappa shape index (κ3) is 4.79. The average Bonchev–Trinajstić information content (AvgIpc) is 3.29. The molecule has 2 saturated heterocycles. The average molecular weight is 619 g/mol. The lowest BCUT2D eigenvalue weighted by atomic mass is 9.93. The Morgan fingerprint density at radius 1 is 1.14 bits per heavy atom. The van der Waals surface area contributed by atoms with Gasteiger partial charge >= 0.3 is 0 Å². The highest BCUT2D eigenvalue weighted by atomic mass is 35.5. The Hall–Kier alpha value is -3.76. The minimum absolute atomic E-state index is 0.0769. The summed E-state index contributed by atoms with van der Waals surface area (Å²) in [6.07, 6.45) is 2.06. The number of carbonyl (C=O) groups excluding carboxylic acids is 1. The number of likely N-dealkylation sites (N-methyl/N-ethyl adjacent to an activating group) is 1. The smallest absolute Gasteiger partial charge is 0.246 e. The molecule has 0 bridgehead atoms. The number of amides is 1. The second kappa shape index (κ2) is 11.3. The van der Waals surface area contributed by atoms with E-state index < -0.39 is 5.82 Å². The van der Waals surface area contributed by atoms with Gasteiger partial charge in [0.05, 0.1) is 16.2 Å². The first-order valence-electron chi connectivity index (χ1n) is 15.2. The van der Waals surface area contributed by atoms with E-state index in [9.17, 15) is 4.79 Å². The van der Waals surface area contributed by atoms with Crippen LogP contribution in [0.25, 0.3) is 32.9 Å². The maximum atomic E-state index is 17.2. The van der Waals surface area contributed by atoms with Gasteiger partial charge in [-0.1, -0.05) is 31.2 Å². The summed E-state index contributed by atoms with van der Waals surface area (Å²) in [5.41, 5.74) is 4.04. The molecule has 0 N–H and O–H groups in total. The Morgan fingerprint density at radius 2 is 1.86 bits per heavy atom. The zero-order valence-corrected chi connectivity index (χ0v) is 27.3. The van der Waals surface area contributed by atoms with Gasteiger partial charge in [-0.25, -0.2) is 9.37 Å². The standard InChI is InChI=1S/C33H40ClFN8O/c1-9-24-29-25(40(8)38-24)12-11-18(3)27(29)28-23(34)13-22-31(30(28)35)36-33(41-16-21(17-41)39(6)7)37-32(22)43-15-19(4)42(14-20(43)5)26(44)10-2/h10-13,19-21H,2,9,14-17H2,1,3-8H3/t19-,20+/m1/s1. The van der Waals surface area contributed by atoms with Crippen LogP contribution in [0.15, 0.2) is 30.9 Å². The number of aryl methyl sites for hydroxylation is 3. The van der Waals surface area contributed by atoms with Crippen LogP contribution < -0.4 is 9.80 Å². The number of nitrogens with zero attached hydrogens (tertiary/aromatic N) is 8. The molecule has 2 aromatic heterocycles. The summed E-state index contributed by atoms with van der Waals surface area (Å²) in [6.45, 7) is 14.3. The molecule has 2 aromatic carbocycles. The predicted molar refractivity (Wildman–Crippen MR) is 176 cm³/mol. The maximum Gasteiger partial charge on any atom is 0.246 e. The Labute approximate surface area is 262 Å². The third-order valence-corrected chi connectivity index (χ3v) is 9.62. The zero-order chi connectivity index (χ0) is 31.6.